The Morgan fingerprint density at radius 3 is 2.64 bits per heavy atom. The lowest BCUT2D eigenvalue weighted by Crippen LogP contribution is -2.53. The number of nitroso groups, excluding NO2 is 1. The Bertz CT molecular complexity index is 192. The first-order valence-corrected chi connectivity index (χ1v) is 5.57. The van der Waals surface area contributed by atoms with Crippen molar-refractivity contribution in [3.8, 4) is 0 Å². The van der Waals surface area contributed by atoms with E-state index in [4.69, 9.17) is 4.74 Å². The van der Waals surface area contributed by atoms with Crippen molar-refractivity contribution in [3.63, 3.8) is 0 Å². The van der Waals surface area contributed by atoms with Crippen molar-refractivity contribution in [1.82, 2.24) is 0 Å². The number of rotatable bonds is 6. The number of unbranched alkanes of at least 4 members (excludes halogenated alkanes) is 2. The number of hydrogen-bond donors (Lipinski definition) is 0. The van der Waals surface area contributed by atoms with Gasteiger partial charge in [0, 0.05) is 18.4 Å². The highest BCUT2D eigenvalue weighted by Gasteiger charge is 2.50. The monoisotopic (exact) mass is 199 g/mol. The van der Waals surface area contributed by atoms with Crippen molar-refractivity contribution in [2.75, 3.05) is 6.61 Å². The van der Waals surface area contributed by atoms with Crippen LogP contribution in [0.1, 0.15) is 46.5 Å². The van der Waals surface area contributed by atoms with Gasteiger partial charge >= 0.3 is 0 Å². The first-order chi connectivity index (χ1) is 6.62. The first kappa shape index (κ1) is 11.6. The Labute approximate surface area is 86.2 Å². The van der Waals surface area contributed by atoms with Crippen molar-refractivity contribution >= 4 is 0 Å². The number of nitrogens with zero attached hydrogens (tertiary/aromatic N) is 1. The zero-order chi connectivity index (χ0) is 10.6. The molecule has 0 bridgehead atoms. The molecular weight excluding hydrogens is 178 g/mol. The predicted octanol–water partition coefficient (Wildman–Crippen LogP) is 3.13. The fraction of sp³-hybridized carbons (Fsp3) is 1.00. The van der Waals surface area contributed by atoms with Crippen molar-refractivity contribution in [3.05, 3.63) is 4.91 Å². The molecule has 1 aliphatic rings. The molecule has 0 saturated heterocycles. The zero-order valence-electron chi connectivity index (χ0n) is 9.45. The standard InChI is InChI=1S/C11H21NO2/c1-4-5-6-7-14-10-8-9(12-13)11(10,2)3/h9-10H,4-8H2,1-3H3. The summed E-state index contributed by atoms with van der Waals surface area (Å²) in [7, 11) is 0. The third-order valence-corrected chi connectivity index (χ3v) is 3.32. The summed E-state index contributed by atoms with van der Waals surface area (Å²) < 4.78 is 5.73. The van der Waals surface area contributed by atoms with E-state index in [1.54, 1.807) is 0 Å². The molecule has 0 aliphatic heterocycles. The van der Waals surface area contributed by atoms with Gasteiger partial charge in [-0.15, -0.1) is 0 Å². The quantitative estimate of drug-likeness (QED) is 0.487. The molecule has 0 aromatic rings. The maximum absolute atomic E-state index is 10.4. The van der Waals surface area contributed by atoms with Crippen LogP contribution in [-0.4, -0.2) is 18.8 Å². The smallest absolute Gasteiger partial charge is 0.102 e. The summed E-state index contributed by atoms with van der Waals surface area (Å²) in [4.78, 5) is 10.4. The van der Waals surface area contributed by atoms with Crippen molar-refractivity contribution in [2.45, 2.75) is 58.6 Å². The van der Waals surface area contributed by atoms with Crippen LogP contribution in [0.5, 0.6) is 0 Å². The van der Waals surface area contributed by atoms with Crippen LogP contribution in [0, 0.1) is 10.3 Å². The molecule has 0 aromatic carbocycles. The summed E-state index contributed by atoms with van der Waals surface area (Å²) in [5.74, 6) is 0. The molecule has 2 atom stereocenters. The summed E-state index contributed by atoms with van der Waals surface area (Å²) in [5, 5.41) is 3.11. The van der Waals surface area contributed by atoms with E-state index in [0.29, 0.717) is 0 Å². The van der Waals surface area contributed by atoms with Gasteiger partial charge < -0.3 is 4.74 Å². The Balaban J connectivity index is 2.18. The highest BCUT2D eigenvalue weighted by Crippen LogP contribution is 2.44. The van der Waals surface area contributed by atoms with Crippen LogP contribution in [0.3, 0.4) is 0 Å². The normalized spacial score (nSPS) is 29.6. The molecule has 3 nitrogen and oxygen atoms in total. The molecule has 0 heterocycles. The molecule has 2 unspecified atom stereocenters. The molecule has 1 aliphatic carbocycles. The average Bonchev–Trinajstić information content (AvgIpc) is 2.15. The Hall–Kier alpha value is -0.440. The molecule has 0 amide bonds. The predicted molar refractivity (Wildman–Crippen MR) is 57.2 cm³/mol. The van der Waals surface area contributed by atoms with Crippen LogP contribution in [0.4, 0.5) is 0 Å². The largest absolute Gasteiger partial charge is 0.377 e. The van der Waals surface area contributed by atoms with Gasteiger partial charge in [-0.05, 0) is 6.42 Å². The summed E-state index contributed by atoms with van der Waals surface area (Å²) >= 11 is 0. The van der Waals surface area contributed by atoms with Crippen LogP contribution in [0.2, 0.25) is 0 Å². The third-order valence-electron chi connectivity index (χ3n) is 3.32. The maximum atomic E-state index is 10.4. The highest BCUT2D eigenvalue weighted by atomic mass is 16.5. The van der Waals surface area contributed by atoms with Gasteiger partial charge in [0.2, 0.25) is 0 Å². The fourth-order valence-electron chi connectivity index (χ4n) is 1.90. The second-order valence-electron chi connectivity index (χ2n) is 4.74. The van der Waals surface area contributed by atoms with Gasteiger partial charge in [0.05, 0.1) is 6.10 Å². The van der Waals surface area contributed by atoms with Gasteiger partial charge in [0.15, 0.2) is 0 Å². The van der Waals surface area contributed by atoms with E-state index in [-0.39, 0.29) is 17.6 Å². The van der Waals surface area contributed by atoms with Crippen molar-refractivity contribution in [2.24, 2.45) is 10.6 Å². The molecule has 1 rings (SSSR count). The van der Waals surface area contributed by atoms with Crippen LogP contribution >= 0.6 is 0 Å². The number of hydrogen-bond acceptors (Lipinski definition) is 3. The van der Waals surface area contributed by atoms with Crippen LogP contribution in [0.25, 0.3) is 0 Å². The molecule has 14 heavy (non-hydrogen) atoms. The molecule has 0 radical (unpaired) electrons. The van der Waals surface area contributed by atoms with E-state index in [1.807, 2.05) is 0 Å². The lowest BCUT2D eigenvalue weighted by molar-refractivity contribution is -0.108. The van der Waals surface area contributed by atoms with Gasteiger partial charge in [0.1, 0.15) is 6.04 Å². The van der Waals surface area contributed by atoms with Gasteiger partial charge in [-0.1, -0.05) is 38.8 Å². The Kier molecular flexibility index (Phi) is 4.05. The second-order valence-corrected chi connectivity index (χ2v) is 4.74. The fourth-order valence-corrected chi connectivity index (χ4v) is 1.90. The van der Waals surface area contributed by atoms with E-state index in [0.717, 1.165) is 19.4 Å². The van der Waals surface area contributed by atoms with Crippen molar-refractivity contribution < 1.29 is 4.74 Å². The summed E-state index contributed by atoms with van der Waals surface area (Å²) in [6, 6.07) is -0.0429. The molecule has 0 N–H and O–H groups in total. The topological polar surface area (TPSA) is 38.7 Å². The van der Waals surface area contributed by atoms with Gasteiger partial charge in [-0.3, -0.25) is 0 Å². The molecule has 1 saturated carbocycles. The van der Waals surface area contributed by atoms with E-state index in [1.165, 1.54) is 12.8 Å². The van der Waals surface area contributed by atoms with Crippen LogP contribution in [0.15, 0.2) is 5.18 Å². The molecular formula is C11H21NO2. The summed E-state index contributed by atoms with van der Waals surface area (Å²) in [6.45, 7) is 7.13. The molecule has 82 valence electrons. The minimum Gasteiger partial charge on any atom is -0.377 e. The zero-order valence-corrected chi connectivity index (χ0v) is 9.45. The highest BCUT2D eigenvalue weighted by molar-refractivity contribution is 5.02. The van der Waals surface area contributed by atoms with Gasteiger partial charge in [0.25, 0.3) is 0 Å². The summed E-state index contributed by atoms with van der Waals surface area (Å²) in [6.07, 6.45) is 4.62. The second kappa shape index (κ2) is 4.87. The molecule has 0 spiro atoms. The molecule has 3 heteroatoms. The van der Waals surface area contributed by atoms with Crippen molar-refractivity contribution in [1.29, 1.82) is 0 Å². The molecule has 1 fully saturated rings. The SMILES string of the molecule is CCCCCOC1CC(N=O)C1(C)C. The van der Waals surface area contributed by atoms with E-state index in [2.05, 4.69) is 25.9 Å². The number of ether oxygens (including phenoxy) is 1. The lowest BCUT2D eigenvalue weighted by atomic mass is 9.65. The summed E-state index contributed by atoms with van der Waals surface area (Å²) in [5.41, 5.74) is -0.0477. The van der Waals surface area contributed by atoms with E-state index >= 15 is 0 Å². The van der Waals surface area contributed by atoms with E-state index < -0.39 is 0 Å². The minimum atomic E-state index is -0.0477. The first-order valence-electron chi connectivity index (χ1n) is 5.57. The lowest BCUT2D eigenvalue weighted by Gasteiger charge is -2.47. The van der Waals surface area contributed by atoms with Gasteiger partial charge in [-0.25, -0.2) is 0 Å². The van der Waals surface area contributed by atoms with Gasteiger partial charge in [-0.2, -0.15) is 4.91 Å². The Morgan fingerprint density at radius 2 is 2.14 bits per heavy atom. The van der Waals surface area contributed by atoms with Crippen LogP contribution < -0.4 is 0 Å². The third kappa shape index (κ3) is 2.32. The minimum absolute atomic E-state index is 0.0429. The average molecular weight is 199 g/mol. The van der Waals surface area contributed by atoms with E-state index in [9.17, 15) is 4.91 Å². The molecule has 0 aromatic heterocycles. The van der Waals surface area contributed by atoms with Crippen LogP contribution in [-0.2, 0) is 4.74 Å². The maximum Gasteiger partial charge on any atom is 0.102 e. The Morgan fingerprint density at radius 1 is 1.43 bits per heavy atom.